The van der Waals surface area contributed by atoms with Crippen LogP contribution in [0.4, 0.5) is 45.5 Å². The van der Waals surface area contributed by atoms with E-state index in [4.69, 9.17) is 0 Å². The van der Waals surface area contributed by atoms with E-state index in [-0.39, 0.29) is 27.4 Å². The molecule has 8 heteroatoms. The van der Waals surface area contributed by atoms with Crippen molar-refractivity contribution in [3.8, 4) is 89.0 Å². The zero-order chi connectivity index (χ0) is 88.9. The highest BCUT2D eigenvalue weighted by atomic mass is 15.1. The van der Waals surface area contributed by atoms with E-state index in [1.165, 1.54) is 264 Å². The summed E-state index contributed by atoms with van der Waals surface area (Å²) in [5, 5.41) is 20.8. The van der Waals surface area contributed by atoms with Crippen molar-refractivity contribution < 1.29 is 0 Å². The second kappa shape index (κ2) is 30.2. The second-order valence-electron chi connectivity index (χ2n) is 37.3. The Hall–Kier alpha value is -17.2. The van der Waals surface area contributed by atoms with Gasteiger partial charge in [0.25, 0.3) is 0 Å². The van der Waals surface area contributed by atoms with Gasteiger partial charge in [-0.1, -0.05) is 425 Å². The SMILES string of the molecule is c1ccc2c(c1)B1c3cc4ccccc4cc3-c3c(ccc4ccccc34)N1c1ccccc1-2.c1ccc2c(c1)B1c3cc4ccccc4cc3-c3ccccc3N1c1ccc3ccccc3c1-2.c1ccc2c(c1)B1c3ccc4ccccc4c3-c3ccccc3N1c1ccc3ccccc3c1-2.c1ccc2c(c1)B1c3ccccc3-c3c(ccc4ccccc34)N1c1ccc3ccccc3c1-2. The average Bonchev–Trinajstić information content (AvgIpc) is 0.703. The van der Waals surface area contributed by atoms with E-state index in [0.29, 0.717) is 0 Å². The van der Waals surface area contributed by atoms with Crippen LogP contribution in [0, 0.1) is 0 Å². The molecule has 0 saturated heterocycles. The summed E-state index contributed by atoms with van der Waals surface area (Å²) in [6.45, 7) is 0.563. The number of nitrogens with zero attached hydrogens (tertiary/aromatic N) is 4. The molecule has 0 saturated carbocycles. The highest BCUT2D eigenvalue weighted by Crippen LogP contribution is 2.56. The molecule has 0 spiro atoms. The first-order valence-corrected chi connectivity index (χ1v) is 47.6. The third-order valence-electron chi connectivity index (χ3n) is 30.5. The summed E-state index contributed by atoms with van der Waals surface area (Å²) in [5.74, 6) is 0. The smallest absolute Gasteiger partial charge is 0.329 e. The van der Waals surface area contributed by atoms with Gasteiger partial charge in [0.2, 0.25) is 0 Å². The van der Waals surface area contributed by atoms with Crippen molar-refractivity contribution in [1.82, 2.24) is 0 Å². The number of para-hydroxylation sites is 3. The van der Waals surface area contributed by atoms with E-state index in [1.54, 1.807) is 0 Å². The molecule has 0 aliphatic carbocycles. The zero-order valence-corrected chi connectivity index (χ0v) is 74.3. The number of benzene rings is 24. The summed E-state index contributed by atoms with van der Waals surface area (Å²) in [6.07, 6.45) is 0. The predicted molar refractivity (Wildman–Crippen MR) is 584 cm³/mol. The van der Waals surface area contributed by atoms with Crippen LogP contribution in [0.15, 0.2) is 485 Å². The molecule has 4 nitrogen and oxygen atoms in total. The van der Waals surface area contributed by atoms with E-state index in [9.17, 15) is 0 Å². The van der Waals surface area contributed by atoms with Crippen LogP contribution in [0.2, 0.25) is 0 Å². The lowest BCUT2D eigenvalue weighted by molar-refractivity contribution is 1.36. The molecule has 8 heterocycles. The van der Waals surface area contributed by atoms with E-state index in [2.05, 4.69) is 505 Å². The topological polar surface area (TPSA) is 13.0 Å². The Morgan fingerprint density at radius 1 is 0.110 bits per heavy atom. The molecule has 0 bridgehead atoms. The summed E-state index contributed by atoms with van der Waals surface area (Å²) in [5.41, 5.74) is 42.6. The van der Waals surface area contributed by atoms with Crippen LogP contribution in [0.3, 0.4) is 0 Å². The largest absolute Gasteiger partial charge is 0.376 e. The Bertz CT molecular complexity index is 8760. The first-order chi connectivity index (χ1) is 67.6. The highest BCUT2D eigenvalue weighted by Gasteiger charge is 2.48. The van der Waals surface area contributed by atoms with Crippen molar-refractivity contribution in [2.45, 2.75) is 0 Å². The van der Waals surface area contributed by atoms with Crippen molar-refractivity contribution >= 4 is 203 Å². The van der Waals surface area contributed by atoms with Crippen molar-refractivity contribution in [2.75, 3.05) is 19.2 Å². The lowest BCUT2D eigenvalue weighted by Gasteiger charge is -2.44. The summed E-state index contributed by atoms with van der Waals surface area (Å²) in [7, 11) is 0. The first-order valence-electron chi connectivity index (χ1n) is 47.6. The van der Waals surface area contributed by atoms with Crippen LogP contribution in [0.25, 0.3) is 175 Å². The highest BCUT2D eigenvalue weighted by molar-refractivity contribution is 6.95. The van der Waals surface area contributed by atoms with Gasteiger partial charge in [0, 0.05) is 90.0 Å². The van der Waals surface area contributed by atoms with Crippen LogP contribution in [-0.2, 0) is 0 Å². The fourth-order valence-corrected chi connectivity index (χ4v) is 24.9. The summed E-state index contributed by atoms with van der Waals surface area (Å²) in [6, 6.07) is 179. The van der Waals surface area contributed by atoms with Crippen molar-refractivity contribution in [2.24, 2.45) is 0 Å². The second-order valence-corrected chi connectivity index (χ2v) is 37.3. The Labute approximate surface area is 790 Å². The van der Waals surface area contributed by atoms with Crippen molar-refractivity contribution in [1.29, 1.82) is 0 Å². The Kier molecular flexibility index (Phi) is 17.0. The molecule has 24 aromatic rings. The summed E-state index contributed by atoms with van der Waals surface area (Å²) in [4.78, 5) is 10.3. The van der Waals surface area contributed by atoms with Gasteiger partial charge in [-0.2, -0.15) is 0 Å². The molecule has 8 aliphatic rings. The minimum Gasteiger partial charge on any atom is -0.376 e. The van der Waals surface area contributed by atoms with Crippen LogP contribution in [-0.4, -0.2) is 27.4 Å². The minimum absolute atomic E-state index is 0.138. The van der Waals surface area contributed by atoms with E-state index >= 15 is 0 Å². The molecule has 0 N–H and O–H groups in total. The van der Waals surface area contributed by atoms with Gasteiger partial charge in [-0.05, 0) is 235 Å². The van der Waals surface area contributed by atoms with Gasteiger partial charge in [-0.25, -0.2) is 0 Å². The van der Waals surface area contributed by atoms with Gasteiger partial charge in [0.1, 0.15) is 0 Å². The molecule has 0 fully saturated rings. The number of anilines is 8. The van der Waals surface area contributed by atoms with Crippen LogP contribution >= 0.6 is 0 Å². The molecule has 624 valence electrons. The average molecular weight is 1720 g/mol. The van der Waals surface area contributed by atoms with E-state index in [0.717, 1.165) is 0 Å². The van der Waals surface area contributed by atoms with Crippen LogP contribution < -0.4 is 62.9 Å². The van der Waals surface area contributed by atoms with Gasteiger partial charge >= 0.3 is 27.4 Å². The molecule has 0 unspecified atom stereocenters. The van der Waals surface area contributed by atoms with Gasteiger partial charge in [-0.3, -0.25) is 0 Å². The normalized spacial score (nSPS) is 13.2. The minimum atomic E-state index is 0.138. The van der Waals surface area contributed by atoms with E-state index < -0.39 is 0 Å². The monoisotopic (exact) mass is 1720 g/mol. The molecule has 0 amide bonds. The van der Waals surface area contributed by atoms with E-state index in [1.807, 2.05) is 0 Å². The zero-order valence-electron chi connectivity index (χ0n) is 74.3. The van der Waals surface area contributed by atoms with Crippen molar-refractivity contribution in [3.63, 3.8) is 0 Å². The quantitative estimate of drug-likeness (QED) is 0.140. The molecule has 24 aromatic carbocycles. The summed E-state index contributed by atoms with van der Waals surface area (Å²) >= 11 is 0. The van der Waals surface area contributed by atoms with Gasteiger partial charge in [-0.15, -0.1) is 0 Å². The lowest BCUT2D eigenvalue weighted by Crippen LogP contribution is -2.59. The lowest BCUT2D eigenvalue weighted by atomic mass is 9.43. The molecule has 0 radical (unpaired) electrons. The molecular formula is C128H80B4N4. The van der Waals surface area contributed by atoms with Crippen molar-refractivity contribution in [3.05, 3.63) is 485 Å². The molecule has 0 atom stereocenters. The molecular weight excluding hydrogens is 1640 g/mol. The number of fused-ring (bicyclic) bond motifs is 58. The Balaban J connectivity index is 0.0000000879. The standard InChI is InChI=1S/4C32H20BN/c1-3-11-23-21(9-1)17-19-28-31(23)26-14-6-8-16-29(26)34-30-20-18-22-10-2-4-12-24(22)32(30)25-13-5-7-15-27(25)33(28)34;1-3-11-23-21(9-1)17-19-29-31(23)25-13-5-7-15-27(25)33-28-16-8-6-14-26(28)32-24-12-4-2-10-22(24)18-20-30(32)34(29)33;1-2-11-23-20-29-27(19-22(23)10-1)25-13-6-8-16-30(25)34-31-18-17-21-9-3-4-12-24(21)32(31)26-14-5-7-15-28(26)33(29)34;1-2-11-23-20-29-27(19-22(23)10-1)32-24-12-4-3-9-21(24)17-18-31(32)34-30-16-8-6-14-26(30)25-13-5-7-15-28(25)33(29)34/h4*1-20H. The Morgan fingerprint density at radius 2 is 0.324 bits per heavy atom. The van der Waals surface area contributed by atoms with Gasteiger partial charge < -0.3 is 19.2 Å². The fraction of sp³-hybridized carbons (Fsp3) is 0. The molecule has 8 aliphatic heterocycles. The number of rotatable bonds is 0. The number of hydrogen-bond acceptors (Lipinski definition) is 4. The third kappa shape index (κ3) is 11.3. The predicted octanol–water partition coefficient (Wildman–Crippen LogP) is 27.6. The van der Waals surface area contributed by atoms with Gasteiger partial charge in [0.05, 0.1) is 0 Å². The maximum atomic E-state index is 2.59. The molecule has 0 aromatic heterocycles. The molecule has 32 rings (SSSR count). The first kappa shape index (κ1) is 76.5. The fourth-order valence-electron chi connectivity index (χ4n) is 24.9. The van der Waals surface area contributed by atoms with Gasteiger partial charge in [0.15, 0.2) is 0 Å². The summed E-state index contributed by atoms with van der Waals surface area (Å²) < 4.78 is 0. The Morgan fingerprint density at radius 3 is 0.684 bits per heavy atom. The third-order valence-corrected chi connectivity index (χ3v) is 30.5. The number of hydrogen-bond donors (Lipinski definition) is 0. The van der Waals surface area contributed by atoms with Crippen LogP contribution in [0.1, 0.15) is 0 Å². The maximum Gasteiger partial charge on any atom is 0.329 e. The molecule has 136 heavy (non-hydrogen) atoms. The maximum absolute atomic E-state index is 2.59. The van der Waals surface area contributed by atoms with Crippen LogP contribution in [0.5, 0.6) is 0 Å².